The van der Waals surface area contributed by atoms with Crippen molar-refractivity contribution >= 4 is 23.5 Å². The van der Waals surface area contributed by atoms with E-state index in [-0.39, 0.29) is 12.5 Å². The second kappa shape index (κ2) is 10.3. The highest BCUT2D eigenvalue weighted by molar-refractivity contribution is 6.29. The molecule has 0 saturated heterocycles. The SMILES string of the molecule is CCNC(=NCc1cn(CC(=O)OC)nn1)NCCc1ccc(Cl)nc1. The number of pyridine rings is 1. The van der Waals surface area contributed by atoms with Crippen LogP contribution in [0.5, 0.6) is 0 Å². The Morgan fingerprint density at radius 3 is 2.92 bits per heavy atom. The third kappa shape index (κ3) is 6.67. The maximum Gasteiger partial charge on any atom is 0.327 e. The van der Waals surface area contributed by atoms with Crippen molar-refractivity contribution in [1.29, 1.82) is 0 Å². The average Bonchev–Trinajstić information content (AvgIpc) is 3.08. The summed E-state index contributed by atoms with van der Waals surface area (Å²) in [4.78, 5) is 19.8. The number of nitrogens with one attached hydrogen (secondary N) is 2. The van der Waals surface area contributed by atoms with Gasteiger partial charge in [0.2, 0.25) is 0 Å². The van der Waals surface area contributed by atoms with Crippen LogP contribution in [0.2, 0.25) is 5.15 Å². The second-order valence-corrected chi connectivity index (χ2v) is 5.73. The maximum atomic E-state index is 11.2. The highest BCUT2D eigenvalue weighted by atomic mass is 35.5. The van der Waals surface area contributed by atoms with Crippen molar-refractivity contribution in [2.75, 3.05) is 20.2 Å². The summed E-state index contributed by atoms with van der Waals surface area (Å²) in [6.45, 7) is 3.81. The number of guanidine groups is 1. The van der Waals surface area contributed by atoms with Gasteiger partial charge >= 0.3 is 5.97 Å². The molecule has 0 bridgehead atoms. The van der Waals surface area contributed by atoms with Crippen molar-refractivity contribution in [3.05, 3.63) is 40.9 Å². The number of carbonyl (C=O) groups excluding carboxylic acids is 1. The van der Waals surface area contributed by atoms with Crippen LogP contribution >= 0.6 is 11.6 Å². The number of carbonyl (C=O) groups is 1. The standard InChI is InChI=1S/C16H22ClN7O2/c1-3-18-16(19-7-6-12-4-5-14(17)20-8-12)21-9-13-10-24(23-22-13)11-15(25)26-2/h4-5,8,10H,3,6-7,9,11H2,1-2H3,(H2,18,19,21). The predicted molar refractivity (Wildman–Crippen MR) is 97.8 cm³/mol. The molecular formula is C16H22ClN7O2. The minimum absolute atomic E-state index is 0.0284. The van der Waals surface area contributed by atoms with Gasteiger partial charge in [0.05, 0.1) is 19.9 Å². The van der Waals surface area contributed by atoms with E-state index < -0.39 is 0 Å². The molecule has 0 saturated carbocycles. The lowest BCUT2D eigenvalue weighted by Gasteiger charge is -2.10. The van der Waals surface area contributed by atoms with Gasteiger partial charge in [-0.3, -0.25) is 4.79 Å². The summed E-state index contributed by atoms with van der Waals surface area (Å²) in [6.07, 6.45) is 4.22. The molecule has 0 amide bonds. The summed E-state index contributed by atoms with van der Waals surface area (Å²) in [5.41, 5.74) is 1.75. The van der Waals surface area contributed by atoms with Gasteiger partial charge < -0.3 is 15.4 Å². The largest absolute Gasteiger partial charge is 0.468 e. The van der Waals surface area contributed by atoms with Gasteiger partial charge in [-0.1, -0.05) is 22.9 Å². The number of nitrogens with zero attached hydrogens (tertiary/aromatic N) is 5. The Hall–Kier alpha value is -2.68. The lowest BCUT2D eigenvalue weighted by Crippen LogP contribution is -2.38. The number of rotatable bonds is 8. The molecule has 0 unspecified atom stereocenters. The van der Waals surface area contributed by atoms with E-state index in [2.05, 4.69) is 35.7 Å². The van der Waals surface area contributed by atoms with Crippen LogP contribution < -0.4 is 10.6 Å². The normalized spacial score (nSPS) is 11.3. The van der Waals surface area contributed by atoms with E-state index in [0.717, 1.165) is 18.5 Å². The van der Waals surface area contributed by atoms with Crippen molar-refractivity contribution in [3.63, 3.8) is 0 Å². The highest BCUT2D eigenvalue weighted by Gasteiger charge is 2.06. The Kier molecular flexibility index (Phi) is 7.81. The van der Waals surface area contributed by atoms with Crippen molar-refractivity contribution in [1.82, 2.24) is 30.6 Å². The molecule has 9 nitrogen and oxygen atoms in total. The minimum Gasteiger partial charge on any atom is -0.468 e. The first kappa shape index (κ1) is 19.6. The lowest BCUT2D eigenvalue weighted by molar-refractivity contribution is -0.141. The van der Waals surface area contributed by atoms with Crippen molar-refractivity contribution in [2.24, 2.45) is 4.99 Å². The molecule has 10 heteroatoms. The molecule has 0 aliphatic rings. The Labute approximate surface area is 156 Å². The zero-order valence-corrected chi connectivity index (χ0v) is 15.5. The van der Waals surface area contributed by atoms with Crippen molar-refractivity contribution in [3.8, 4) is 0 Å². The lowest BCUT2D eigenvalue weighted by atomic mass is 10.2. The number of ether oxygens (including phenoxy) is 1. The highest BCUT2D eigenvalue weighted by Crippen LogP contribution is 2.05. The molecule has 2 rings (SSSR count). The fraction of sp³-hybridized carbons (Fsp3) is 0.438. The van der Waals surface area contributed by atoms with E-state index in [1.165, 1.54) is 11.8 Å². The Morgan fingerprint density at radius 2 is 2.23 bits per heavy atom. The second-order valence-electron chi connectivity index (χ2n) is 5.34. The van der Waals surface area contributed by atoms with E-state index in [4.69, 9.17) is 11.6 Å². The molecule has 0 aromatic carbocycles. The first-order valence-electron chi connectivity index (χ1n) is 8.19. The summed E-state index contributed by atoms with van der Waals surface area (Å²) >= 11 is 5.78. The van der Waals surface area contributed by atoms with Crippen LogP contribution in [0.15, 0.2) is 29.5 Å². The van der Waals surface area contributed by atoms with Crippen LogP contribution in [-0.4, -0.2) is 52.1 Å². The summed E-state index contributed by atoms with van der Waals surface area (Å²) in [5, 5.41) is 14.8. The molecule has 0 atom stereocenters. The van der Waals surface area contributed by atoms with Crippen LogP contribution in [0.4, 0.5) is 0 Å². The molecule has 0 aliphatic carbocycles. The average molecular weight is 380 g/mol. The van der Waals surface area contributed by atoms with Crippen LogP contribution in [0, 0.1) is 0 Å². The molecule has 0 radical (unpaired) electrons. The van der Waals surface area contributed by atoms with Gasteiger partial charge in [-0.05, 0) is 25.0 Å². The molecule has 0 aliphatic heterocycles. The number of halogens is 1. The number of aromatic nitrogens is 4. The quantitative estimate of drug-likeness (QED) is 0.302. The van der Waals surface area contributed by atoms with Crippen LogP contribution in [0.3, 0.4) is 0 Å². The Morgan fingerprint density at radius 1 is 1.38 bits per heavy atom. The first-order chi connectivity index (χ1) is 12.6. The molecule has 2 aromatic rings. The topological polar surface area (TPSA) is 106 Å². The molecule has 2 aromatic heterocycles. The number of esters is 1. The van der Waals surface area contributed by atoms with E-state index in [9.17, 15) is 4.79 Å². The van der Waals surface area contributed by atoms with Gasteiger partial charge in [0.25, 0.3) is 0 Å². The van der Waals surface area contributed by atoms with E-state index in [0.29, 0.717) is 29.9 Å². The van der Waals surface area contributed by atoms with E-state index in [1.807, 2.05) is 13.0 Å². The fourth-order valence-corrected chi connectivity index (χ4v) is 2.18. The third-order valence-corrected chi connectivity index (χ3v) is 3.57. The fourth-order valence-electron chi connectivity index (χ4n) is 2.07. The van der Waals surface area contributed by atoms with Gasteiger partial charge in [0.1, 0.15) is 17.4 Å². The summed E-state index contributed by atoms with van der Waals surface area (Å²) in [6, 6.07) is 3.72. The molecular weight excluding hydrogens is 358 g/mol. The molecule has 26 heavy (non-hydrogen) atoms. The number of hydrogen-bond acceptors (Lipinski definition) is 6. The van der Waals surface area contributed by atoms with Crippen LogP contribution in [-0.2, 0) is 29.0 Å². The monoisotopic (exact) mass is 379 g/mol. The zero-order valence-electron chi connectivity index (χ0n) is 14.8. The summed E-state index contributed by atoms with van der Waals surface area (Å²) < 4.78 is 6.02. The predicted octanol–water partition coefficient (Wildman–Crippen LogP) is 0.797. The van der Waals surface area contributed by atoms with Gasteiger partial charge in [0.15, 0.2) is 5.96 Å². The first-order valence-corrected chi connectivity index (χ1v) is 8.57. The van der Waals surface area contributed by atoms with Crippen molar-refractivity contribution < 1.29 is 9.53 Å². The van der Waals surface area contributed by atoms with Crippen molar-refractivity contribution in [2.45, 2.75) is 26.4 Å². The van der Waals surface area contributed by atoms with Gasteiger partial charge in [-0.25, -0.2) is 14.7 Å². The Bertz CT molecular complexity index is 730. The molecule has 2 N–H and O–H groups in total. The number of methoxy groups -OCH3 is 1. The zero-order chi connectivity index (χ0) is 18.8. The van der Waals surface area contributed by atoms with Crippen LogP contribution in [0.1, 0.15) is 18.2 Å². The van der Waals surface area contributed by atoms with Gasteiger partial charge in [0, 0.05) is 19.3 Å². The number of hydrogen-bond donors (Lipinski definition) is 2. The van der Waals surface area contributed by atoms with Gasteiger partial charge in [-0.2, -0.15) is 0 Å². The summed E-state index contributed by atoms with van der Waals surface area (Å²) in [7, 11) is 1.33. The van der Waals surface area contributed by atoms with Gasteiger partial charge in [-0.15, -0.1) is 5.10 Å². The molecule has 140 valence electrons. The molecule has 2 heterocycles. The third-order valence-electron chi connectivity index (χ3n) is 3.34. The Balaban J connectivity index is 1.85. The number of aliphatic imine (C=N–C) groups is 1. The maximum absolute atomic E-state index is 11.2. The van der Waals surface area contributed by atoms with E-state index >= 15 is 0 Å². The van der Waals surface area contributed by atoms with Crippen LogP contribution in [0.25, 0.3) is 0 Å². The van der Waals surface area contributed by atoms with E-state index in [1.54, 1.807) is 18.5 Å². The smallest absolute Gasteiger partial charge is 0.327 e. The molecule has 0 fully saturated rings. The molecule has 0 spiro atoms. The minimum atomic E-state index is -0.378. The summed E-state index contributed by atoms with van der Waals surface area (Å²) in [5.74, 6) is 0.300.